The van der Waals surface area contributed by atoms with E-state index in [1.54, 1.807) is 0 Å². The van der Waals surface area contributed by atoms with Crippen LogP contribution in [0.15, 0.2) is 40.9 Å². The van der Waals surface area contributed by atoms with Crippen LogP contribution >= 0.6 is 15.9 Å². The highest BCUT2D eigenvalue weighted by molar-refractivity contribution is 9.10. The number of carbonyl (C=O) groups excluding carboxylic acids is 1. The fourth-order valence-corrected chi connectivity index (χ4v) is 5.77. The Balaban J connectivity index is 1.25. The van der Waals surface area contributed by atoms with Crippen molar-refractivity contribution >= 4 is 27.5 Å². The first-order chi connectivity index (χ1) is 14.1. The van der Waals surface area contributed by atoms with Crippen LogP contribution in [0.5, 0.6) is 0 Å². The van der Waals surface area contributed by atoms with Gasteiger partial charge >= 0.3 is 0 Å². The molecule has 2 fully saturated rings. The molecule has 1 saturated heterocycles. The number of amides is 1. The zero-order chi connectivity index (χ0) is 20.0. The van der Waals surface area contributed by atoms with Crippen LogP contribution in [0.2, 0.25) is 0 Å². The molecule has 2 aliphatic carbocycles. The fourth-order valence-electron chi connectivity index (χ4n) is 5.09. The van der Waals surface area contributed by atoms with Crippen LogP contribution in [0.25, 0.3) is 0 Å². The van der Waals surface area contributed by atoms with E-state index in [1.165, 1.54) is 32.4 Å². The summed E-state index contributed by atoms with van der Waals surface area (Å²) in [5.41, 5.74) is 6.87. The third kappa shape index (κ3) is 3.84. The van der Waals surface area contributed by atoms with Crippen molar-refractivity contribution in [3.8, 4) is 0 Å². The van der Waals surface area contributed by atoms with Gasteiger partial charge in [-0.05, 0) is 85.8 Å². The number of fused-ring (bicyclic) bond motifs is 1. The van der Waals surface area contributed by atoms with Gasteiger partial charge in [0, 0.05) is 29.2 Å². The predicted octanol–water partition coefficient (Wildman–Crippen LogP) is 5.97. The molecule has 3 aliphatic rings. The highest BCUT2D eigenvalue weighted by Gasteiger charge is 2.35. The minimum atomic E-state index is 0.347. The quantitative estimate of drug-likeness (QED) is 0.619. The van der Waals surface area contributed by atoms with Crippen molar-refractivity contribution in [3.05, 3.63) is 63.1 Å². The molecule has 2 aromatic rings. The van der Waals surface area contributed by atoms with Crippen molar-refractivity contribution in [2.75, 3.05) is 18.4 Å². The molecule has 1 saturated carbocycles. The number of likely N-dealkylation sites (tertiary alicyclic amines) is 1. The van der Waals surface area contributed by atoms with Gasteiger partial charge in [-0.15, -0.1) is 0 Å². The number of rotatable bonds is 4. The van der Waals surface area contributed by atoms with Gasteiger partial charge < -0.3 is 10.2 Å². The predicted molar refractivity (Wildman–Crippen MR) is 121 cm³/mol. The second kappa shape index (κ2) is 7.79. The van der Waals surface area contributed by atoms with Gasteiger partial charge in [0.1, 0.15) is 0 Å². The number of halogens is 1. The van der Waals surface area contributed by atoms with E-state index in [0.29, 0.717) is 23.8 Å². The summed E-state index contributed by atoms with van der Waals surface area (Å²) in [5.74, 6) is 1.33. The maximum atomic E-state index is 12.3. The first-order valence-corrected chi connectivity index (χ1v) is 11.8. The Morgan fingerprint density at radius 3 is 2.59 bits per heavy atom. The highest BCUT2D eigenvalue weighted by atomic mass is 79.9. The summed E-state index contributed by atoms with van der Waals surface area (Å²) in [4.78, 5) is 14.4. The maximum Gasteiger partial charge on any atom is 0.225 e. The van der Waals surface area contributed by atoms with Crippen LogP contribution in [-0.2, 0) is 11.2 Å². The SMILES string of the molecule is Cc1cc(C2CCN(C(=O)C3CC3)CC2)ccc1NC1CCc2cccc(Br)c21. The lowest BCUT2D eigenvalue weighted by atomic mass is 9.88. The van der Waals surface area contributed by atoms with Crippen LogP contribution in [0.3, 0.4) is 0 Å². The molecule has 0 aromatic heterocycles. The molecule has 29 heavy (non-hydrogen) atoms. The van der Waals surface area contributed by atoms with Crippen molar-refractivity contribution in [2.24, 2.45) is 5.92 Å². The lowest BCUT2D eigenvalue weighted by Crippen LogP contribution is -2.38. The summed E-state index contributed by atoms with van der Waals surface area (Å²) in [6.45, 7) is 4.06. The Hall–Kier alpha value is -1.81. The third-order valence-corrected chi connectivity index (χ3v) is 7.67. The normalized spacial score (nSPS) is 21.9. The summed E-state index contributed by atoms with van der Waals surface area (Å²) in [5, 5.41) is 3.79. The van der Waals surface area contributed by atoms with Gasteiger partial charge in [-0.3, -0.25) is 4.79 Å². The van der Waals surface area contributed by atoms with Gasteiger partial charge in [-0.2, -0.15) is 0 Å². The van der Waals surface area contributed by atoms with Crippen molar-refractivity contribution in [3.63, 3.8) is 0 Å². The first kappa shape index (κ1) is 19.2. The molecule has 1 heterocycles. The number of hydrogen-bond acceptors (Lipinski definition) is 2. The van der Waals surface area contributed by atoms with E-state index in [9.17, 15) is 4.79 Å². The van der Waals surface area contributed by atoms with Crippen molar-refractivity contribution in [1.82, 2.24) is 4.90 Å². The first-order valence-electron chi connectivity index (χ1n) is 11.0. The molecule has 1 unspecified atom stereocenters. The van der Waals surface area contributed by atoms with E-state index >= 15 is 0 Å². The van der Waals surface area contributed by atoms with E-state index < -0.39 is 0 Å². The van der Waals surface area contributed by atoms with Gasteiger partial charge in [-0.1, -0.05) is 40.2 Å². The lowest BCUT2D eigenvalue weighted by Gasteiger charge is -2.32. The molecular formula is C25H29BrN2O. The minimum absolute atomic E-state index is 0.347. The molecule has 3 nitrogen and oxygen atoms in total. The second-order valence-corrected chi connectivity index (χ2v) is 9.85. The third-order valence-electron chi connectivity index (χ3n) is 6.98. The van der Waals surface area contributed by atoms with E-state index in [2.05, 4.69) is 69.5 Å². The van der Waals surface area contributed by atoms with Crippen LogP contribution < -0.4 is 5.32 Å². The molecule has 0 spiro atoms. The van der Waals surface area contributed by atoms with Crippen LogP contribution in [-0.4, -0.2) is 23.9 Å². The molecular weight excluding hydrogens is 424 g/mol. The Morgan fingerprint density at radius 1 is 1.07 bits per heavy atom. The van der Waals surface area contributed by atoms with E-state index in [4.69, 9.17) is 0 Å². The number of piperidine rings is 1. The second-order valence-electron chi connectivity index (χ2n) is 9.00. The van der Waals surface area contributed by atoms with Gasteiger partial charge in [0.05, 0.1) is 6.04 Å². The molecule has 2 aromatic carbocycles. The lowest BCUT2D eigenvalue weighted by molar-refractivity contribution is -0.133. The van der Waals surface area contributed by atoms with Gasteiger partial charge in [0.15, 0.2) is 0 Å². The monoisotopic (exact) mass is 452 g/mol. The van der Waals surface area contributed by atoms with E-state index in [0.717, 1.165) is 51.6 Å². The summed E-state index contributed by atoms with van der Waals surface area (Å²) < 4.78 is 1.21. The van der Waals surface area contributed by atoms with Crippen LogP contribution in [0.4, 0.5) is 5.69 Å². The van der Waals surface area contributed by atoms with Crippen LogP contribution in [0.1, 0.15) is 66.3 Å². The average molecular weight is 453 g/mol. The number of hydrogen-bond donors (Lipinski definition) is 1. The number of carbonyl (C=O) groups is 1. The van der Waals surface area contributed by atoms with Gasteiger partial charge in [0.25, 0.3) is 0 Å². The number of nitrogens with one attached hydrogen (secondary N) is 1. The van der Waals surface area contributed by atoms with E-state index in [1.807, 2.05) is 0 Å². The Labute approximate surface area is 182 Å². The molecule has 5 rings (SSSR count). The largest absolute Gasteiger partial charge is 0.378 e. The smallest absolute Gasteiger partial charge is 0.225 e. The van der Waals surface area contributed by atoms with Crippen molar-refractivity contribution < 1.29 is 4.79 Å². The summed E-state index contributed by atoms with van der Waals surface area (Å²) in [6.07, 6.45) is 6.68. The molecule has 1 N–H and O–H groups in total. The summed E-state index contributed by atoms with van der Waals surface area (Å²) in [6, 6.07) is 13.8. The van der Waals surface area contributed by atoms with E-state index in [-0.39, 0.29) is 0 Å². The number of benzene rings is 2. The Bertz CT molecular complexity index is 928. The minimum Gasteiger partial charge on any atom is -0.378 e. The zero-order valence-corrected chi connectivity index (χ0v) is 18.7. The standard InChI is InChI=1S/C25H29BrN2O/c1-16-15-20(17-11-13-28(14-12-17)25(29)19-5-6-19)8-9-22(16)27-23-10-7-18-3-2-4-21(26)24(18)23/h2-4,8-9,15,17,19,23,27H,5-7,10-14H2,1H3. The van der Waals surface area contributed by atoms with Crippen LogP contribution in [0, 0.1) is 12.8 Å². The molecule has 152 valence electrons. The molecule has 0 radical (unpaired) electrons. The zero-order valence-electron chi connectivity index (χ0n) is 17.1. The highest BCUT2D eigenvalue weighted by Crippen LogP contribution is 2.40. The molecule has 1 atom stereocenters. The Kier molecular flexibility index (Phi) is 5.15. The number of anilines is 1. The molecule has 1 amide bonds. The maximum absolute atomic E-state index is 12.3. The van der Waals surface area contributed by atoms with Gasteiger partial charge in [-0.25, -0.2) is 0 Å². The van der Waals surface area contributed by atoms with Gasteiger partial charge in [0.2, 0.25) is 5.91 Å². The summed E-state index contributed by atoms with van der Waals surface area (Å²) >= 11 is 3.74. The topological polar surface area (TPSA) is 32.3 Å². The molecule has 1 aliphatic heterocycles. The number of aryl methyl sites for hydroxylation is 2. The number of nitrogens with zero attached hydrogens (tertiary/aromatic N) is 1. The van der Waals surface area contributed by atoms with Crippen molar-refractivity contribution in [1.29, 1.82) is 0 Å². The average Bonchev–Trinajstić information content (AvgIpc) is 3.50. The molecule has 0 bridgehead atoms. The summed E-state index contributed by atoms with van der Waals surface area (Å²) in [7, 11) is 0. The fraction of sp³-hybridized carbons (Fsp3) is 0.480. The Morgan fingerprint density at radius 2 is 1.86 bits per heavy atom. The van der Waals surface area contributed by atoms with Crippen molar-refractivity contribution in [2.45, 2.75) is 57.4 Å². The molecule has 4 heteroatoms.